The molecule has 0 aromatic heterocycles. The molecular weight excluding hydrogens is 267 g/mol. The van der Waals surface area contributed by atoms with Crippen LogP contribution in [-0.4, -0.2) is 25.7 Å². The highest BCUT2D eigenvalue weighted by Gasteiger charge is 2.41. The minimum atomic E-state index is -2.11. The predicted octanol–water partition coefficient (Wildman–Crippen LogP) is 2.18. The molecule has 2 fully saturated rings. The molecule has 0 amide bonds. The molecule has 2 nitrogen and oxygen atoms in total. The Balaban J connectivity index is 2.10. The number of nitrogens with one attached hydrogen (secondary N) is 1. The first kappa shape index (κ1) is 12.7. The van der Waals surface area contributed by atoms with E-state index in [4.69, 9.17) is 0 Å². The van der Waals surface area contributed by atoms with Gasteiger partial charge in [-0.3, -0.25) is 0 Å². The van der Waals surface area contributed by atoms with Crippen LogP contribution in [0.5, 0.6) is 0 Å². The molecule has 3 rings (SSSR count). The maximum Gasteiger partial charge on any atom is 0.200 e. The Morgan fingerprint density at radius 2 is 1.42 bits per heavy atom. The van der Waals surface area contributed by atoms with Crippen LogP contribution in [-0.2, 0) is 0 Å². The lowest BCUT2D eigenvalue weighted by Gasteiger charge is -2.26. The maximum atomic E-state index is 13.7. The first-order valence-corrected chi connectivity index (χ1v) is 6.01. The Bertz CT molecular complexity index is 504. The number of halogens is 5. The summed E-state index contributed by atoms with van der Waals surface area (Å²) in [4.78, 5) is 1.29. The molecule has 2 heterocycles. The highest BCUT2D eigenvalue weighted by Crippen LogP contribution is 2.37. The number of nitrogens with zero attached hydrogens (tertiary/aromatic N) is 1. The molecule has 0 unspecified atom stereocenters. The minimum absolute atomic E-state index is 0.190. The van der Waals surface area contributed by atoms with Crippen molar-refractivity contribution in [3.05, 3.63) is 29.1 Å². The lowest BCUT2D eigenvalue weighted by Crippen LogP contribution is -2.36. The van der Waals surface area contributed by atoms with Crippen molar-refractivity contribution in [3.63, 3.8) is 0 Å². The molecule has 2 saturated heterocycles. The maximum absolute atomic E-state index is 13.7. The number of hydrogen-bond acceptors (Lipinski definition) is 2. The van der Waals surface area contributed by atoms with Crippen LogP contribution in [0.15, 0.2) is 0 Å². The van der Waals surface area contributed by atoms with Gasteiger partial charge in [0.2, 0.25) is 5.82 Å². The average Bonchev–Trinajstić information content (AvgIpc) is 2.98. The Morgan fingerprint density at radius 1 is 0.842 bits per heavy atom. The van der Waals surface area contributed by atoms with E-state index < -0.39 is 34.8 Å². The van der Waals surface area contributed by atoms with Crippen molar-refractivity contribution in [2.45, 2.75) is 12.5 Å². The molecule has 19 heavy (non-hydrogen) atoms. The fourth-order valence-corrected chi connectivity index (χ4v) is 2.97. The van der Waals surface area contributed by atoms with Crippen molar-refractivity contribution in [2.24, 2.45) is 5.92 Å². The molecule has 1 aromatic rings. The zero-order valence-electron chi connectivity index (χ0n) is 9.82. The summed E-state index contributed by atoms with van der Waals surface area (Å²) in [7, 11) is 0. The number of fused-ring (bicyclic) bond motifs is 1. The zero-order chi connectivity index (χ0) is 13.7. The molecule has 2 aliphatic heterocycles. The van der Waals surface area contributed by atoms with Crippen LogP contribution in [0.25, 0.3) is 0 Å². The van der Waals surface area contributed by atoms with E-state index in [-0.39, 0.29) is 12.0 Å². The van der Waals surface area contributed by atoms with E-state index in [1.165, 1.54) is 4.90 Å². The SMILES string of the molecule is Fc1c(F)c(F)c(N2CC[C@H]3CNC[C@H]32)c(F)c1F. The Hall–Kier alpha value is -1.37. The Kier molecular flexibility index (Phi) is 2.88. The second-order valence-electron chi connectivity index (χ2n) is 4.89. The molecule has 7 heteroatoms. The zero-order valence-corrected chi connectivity index (χ0v) is 9.82. The third-order valence-corrected chi connectivity index (χ3v) is 3.92. The number of anilines is 1. The molecule has 1 aromatic carbocycles. The minimum Gasteiger partial charge on any atom is -0.362 e. The van der Waals surface area contributed by atoms with Gasteiger partial charge in [-0.2, -0.15) is 0 Å². The fourth-order valence-electron chi connectivity index (χ4n) is 2.97. The number of rotatable bonds is 1. The standard InChI is InChI=1S/C12H11F5N2/c13-7-8(14)10(16)12(11(17)9(7)15)19-2-1-5-3-18-4-6(5)19/h5-6,18H,1-4H2/t5-,6+/m0/s1. The van der Waals surface area contributed by atoms with Gasteiger partial charge in [0.05, 0.1) is 0 Å². The molecule has 2 aliphatic rings. The van der Waals surface area contributed by atoms with Crippen molar-refractivity contribution in [2.75, 3.05) is 24.5 Å². The topological polar surface area (TPSA) is 15.3 Å². The molecule has 1 N–H and O–H groups in total. The van der Waals surface area contributed by atoms with E-state index in [2.05, 4.69) is 5.32 Å². The van der Waals surface area contributed by atoms with E-state index in [1.54, 1.807) is 0 Å². The van der Waals surface area contributed by atoms with E-state index >= 15 is 0 Å². The highest BCUT2D eigenvalue weighted by molar-refractivity contribution is 5.53. The van der Waals surface area contributed by atoms with Gasteiger partial charge >= 0.3 is 0 Å². The van der Waals surface area contributed by atoms with Gasteiger partial charge in [-0.25, -0.2) is 22.0 Å². The smallest absolute Gasteiger partial charge is 0.200 e. The quantitative estimate of drug-likeness (QED) is 0.481. The number of benzene rings is 1. The summed E-state index contributed by atoms with van der Waals surface area (Å²) in [5, 5.41) is 3.06. The normalized spacial score (nSPS) is 26.1. The van der Waals surface area contributed by atoms with Gasteiger partial charge in [0.25, 0.3) is 0 Å². The highest BCUT2D eigenvalue weighted by atomic mass is 19.2. The molecule has 0 saturated carbocycles. The van der Waals surface area contributed by atoms with Crippen molar-refractivity contribution in [1.82, 2.24) is 5.32 Å². The molecule has 0 aliphatic carbocycles. The second-order valence-corrected chi connectivity index (χ2v) is 4.89. The average molecular weight is 278 g/mol. The Morgan fingerprint density at radius 3 is 2.05 bits per heavy atom. The second kappa shape index (κ2) is 4.33. The van der Waals surface area contributed by atoms with Crippen LogP contribution in [0, 0.1) is 35.0 Å². The first-order chi connectivity index (χ1) is 9.02. The lowest BCUT2D eigenvalue weighted by molar-refractivity contribution is 0.377. The summed E-state index contributed by atoms with van der Waals surface area (Å²) in [6, 6.07) is -0.215. The van der Waals surface area contributed by atoms with Crippen molar-refractivity contribution < 1.29 is 22.0 Å². The largest absolute Gasteiger partial charge is 0.362 e. The summed E-state index contributed by atoms with van der Waals surface area (Å²) in [6.07, 6.45) is 0.678. The van der Waals surface area contributed by atoms with Crippen LogP contribution in [0.3, 0.4) is 0 Å². The fraction of sp³-hybridized carbons (Fsp3) is 0.500. The molecule has 0 radical (unpaired) electrons. The summed E-state index contributed by atoms with van der Waals surface area (Å²) >= 11 is 0. The van der Waals surface area contributed by atoms with Gasteiger partial charge in [0.15, 0.2) is 23.3 Å². The van der Waals surface area contributed by atoms with Gasteiger partial charge in [-0.15, -0.1) is 0 Å². The third kappa shape index (κ3) is 1.71. The third-order valence-electron chi connectivity index (χ3n) is 3.92. The van der Waals surface area contributed by atoms with Crippen LogP contribution < -0.4 is 10.2 Å². The van der Waals surface area contributed by atoms with E-state index in [0.29, 0.717) is 26.1 Å². The predicted molar refractivity (Wildman–Crippen MR) is 58.3 cm³/mol. The van der Waals surface area contributed by atoms with Crippen molar-refractivity contribution >= 4 is 5.69 Å². The summed E-state index contributed by atoms with van der Waals surface area (Å²) in [6.45, 7) is 1.50. The number of hydrogen-bond donors (Lipinski definition) is 1. The van der Waals surface area contributed by atoms with Gasteiger partial charge in [-0.05, 0) is 12.3 Å². The molecule has 0 bridgehead atoms. The lowest BCUT2D eigenvalue weighted by atomic mass is 10.0. The summed E-state index contributed by atoms with van der Waals surface area (Å²) in [5.74, 6) is -9.19. The van der Waals surface area contributed by atoms with Crippen LogP contribution >= 0.6 is 0 Å². The van der Waals surface area contributed by atoms with Crippen LogP contribution in [0.1, 0.15) is 6.42 Å². The Labute approximate surface area is 106 Å². The summed E-state index contributed by atoms with van der Waals surface area (Å²) < 4.78 is 66.8. The van der Waals surface area contributed by atoms with Crippen LogP contribution in [0.4, 0.5) is 27.6 Å². The van der Waals surface area contributed by atoms with Crippen molar-refractivity contribution in [1.29, 1.82) is 0 Å². The monoisotopic (exact) mass is 278 g/mol. The van der Waals surface area contributed by atoms with Crippen molar-refractivity contribution in [3.8, 4) is 0 Å². The van der Waals surface area contributed by atoms with Gasteiger partial charge in [-0.1, -0.05) is 0 Å². The first-order valence-electron chi connectivity index (χ1n) is 6.01. The van der Waals surface area contributed by atoms with E-state index in [0.717, 1.165) is 0 Å². The molecule has 104 valence electrons. The molecule has 2 atom stereocenters. The van der Waals surface area contributed by atoms with E-state index in [9.17, 15) is 22.0 Å². The van der Waals surface area contributed by atoms with Gasteiger partial charge in [0, 0.05) is 25.7 Å². The summed E-state index contributed by atoms with van der Waals surface area (Å²) in [5.41, 5.74) is -0.799. The van der Waals surface area contributed by atoms with Gasteiger partial charge < -0.3 is 10.2 Å². The van der Waals surface area contributed by atoms with E-state index in [1.807, 2.05) is 0 Å². The molecule has 0 spiro atoms. The van der Waals surface area contributed by atoms with Crippen LogP contribution in [0.2, 0.25) is 0 Å². The molecular formula is C12H11F5N2. The van der Waals surface area contributed by atoms with Gasteiger partial charge in [0.1, 0.15) is 5.69 Å².